The summed E-state index contributed by atoms with van der Waals surface area (Å²) >= 11 is 0. The molecule has 0 aromatic carbocycles. The molecule has 1 aromatic heterocycles. The molecule has 0 radical (unpaired) electrons. The molecule has 1 aromatic rings. The van der Waals surface area contributed by atoms with E-state index in [1.54, 1.807) is 19.1 Å². The van der Waals surface area contributed by atoms with Gasteiger partial charge in [0.1, 0.15) is 5.82 Å². The van der Waals surface area contributed by atoms with Crippen molar-refractivity contribution in [2.24, 2.45) is 0 Å². The van der Waals surface area contributed by atoms with Gasteiger partial charge in [0.15, 0.2) is 0 Å². The predicted octanol–water partition coefficient (Wildman–Crippen LogP) is 0.0268. The van der Waals surface area contributed by atoms with Crippen molar-refractivity contribution in [3.8, 4) is 6.07 Å². The lowest BCUT2D eigenvalue weighted by atomic mass is 10.2. The van der Waals surface area contributed by atoms with Gasteiger partial charge in [0, 0.05) is 5.69 Å². The number of nitrogens with one attached hydrogen (secondary N) is 1. The van der Waals surface area contributed by atoms with E-state index in [0.717, 1.165) is 0 Å². The average molecular weight is 207 g/mol. The maximum absolute atomic E-state index is 8.87. The smallest absolute Gasteiger partial charge is 0.127 e. The van der Waals surface area contributed by atoms with E-state index in [2.05, 4.69) is 10.3 Å². The molecule has 0 spiro atoms. The third-order valence-electron chi connectivity index (χ3n) is 1.88. The minimum absolute atomic E-state index is 0.186. The van der Waals surface area contributed by atoms with Crippen LogP contribution in [0.25, 0.3) is 0 Å². The van der Waals surface area contributed by atoms with Crippen LogP contribution in [0.1, 0.15) is 11.3 Å². The Morgan fingerprint density at radius 1 is 1.47 bits per heavy atom. The van der Waals surface area contributed by atoms with Crippen molar-refractivity contribution in [2.45, 2.75) is 13.0 Å². The van der Waals surface area contributed by atoms with Gasteiger partial charge in [-0.2, -0.15) is 5.26 Å². The molecule has 1 rings (SSSR count). The molecule has 80 valence electrons. The van der Waals surface area contributed by atoms with Gasteiger partial charge in [-0.3, -0.25) is 0 Å². The maximum atomic E-state index is 8.87. The minimum atomic E-state index is -0.453. The monoisotopic (exact) mass is 207 g/mol. The first kappa shape index (κ1) is 11.4. The zero-order valence-electron chi connectivity index (χ0n) is 8.44. The van der Waals surface area contributed by atoms with Gasteiger partial charge in [-0.1, -0.05) is 0 Å². The molecule has 0 saturated heterocycles. The van der Waals surface area contributed by atoms with Crippen LogP contribution in [0.4, 0.5) is 5.82 Å². The van der Waals surface area contributed by atoms with E-state index >= 15 is 0 Å². The topological polar surface area (TPSA) is 89.2 Å². The first-order valence-corrected chi connectivity index (χ1v) is 4.56. The highest BCUT2D eigenvalue weighted by Crippen LogP contribution is 2.10. The molecule has 0 unspecified atom stereocenters. The number of aromatic nitrogens is 1. The third-order valence-corrected chi connectivity index (χ3v) is 1.88. The highest BCUT2D eigenvalue weighted by atomic mass is 16.3. The molecule has 0 bridgehead atoms. The molecule has 0 fully saturated rings. The standard InChI is InChI=1S/C10H13N3O2/c1-7-2-8(4-11)3-10(12-7)13-9(5-14)6-15/h2-3,9,14-15H,5-6H2,1H3,(H,12,13). The minimum Gasteiger partial charge on any atom is -0.394 e. The molecule has 0 amide bonds. The van der Waals surface area contributed by atoms with Gasteiger partial charge in [-0.25, -0.2) is 4.98 Å². The number of aryl methyl sites for hydroxylation is 1. The normalized spacial score (nSPS) is 10.1. The van der Waals surface area contributed by atoms with Crippen molar-refractivity contribution in [3.05, 3.63) is 23.4 Å². The summed E-state index contributed by atoms with van der Waals surface area (Å²) in [5.74, 6) is 0.486. The van der Waals surface area contributed by atoms with Crippen molar-refractivity contribution in [2.75, 3.05) is 18.5 Å². The summed E-state index contributed by atoms with van der Waals surface area (Å²) in [5.41, 5.74) is 1.21. The number of pyridine rings is 1. The second-order valence-corrected chi connectivity index (χ2v) is 3.20. The molecular weight excluding hydrogens is 194 g/mol. The van der Waals surface area contributed by atoms with Crippen LogP contribution in [0.3, 0.4) is 0 Å². The number of anilines is 1. The largest absolute Gasteiger partial charge is 0.394 e. The third kappa shape index (κ3) is 3.20. The van der Waals surface area contributed by atoms with E-state index in [0.29, 0.717) is 17.1 Å². The van der Waals surface area contributed by atoms with E-state index in [9.17, 15) is 0 Å². The SMILES string of the molecule is Cc1cc(C#N)cc(NC(CO)CO)n1. The fraction of sp³-hybridized carbons (Fsp3) is 0.400. The van der Waals surface area contributed by atoms with Gasteiger partial charge in [-0.05, 0) is 19.1 Å². The Kier molecular flexibility index (Phi) is 4.03. The number of rotatable bonds is 4. The average Bonchev–Trinajstić information content (AvgIpc) is 2.25. The van der Waals surface area contributed by atoms with Gasteiger partial charge in [-0.15, -0.1) is 0 Å². The number of hydrogen-bond acceptors (Lipinski definition) is 5. The van der Waals surface area contributed by atoms with Crippen LogP contribution in [0.15, 0.2) is 12.1 Å². The quantitative estimate of drug-likeness (QED) is 0.648. The Morgan fingerprint density at radius 3 is 2.67 bits per heavy atom. The molecule has 0 aliphatic rings. The van der Waals surface area contributed by atoms with Crippen molar-refractivity contribution in [1.82, 2.24) is 4.98 Å². The molecule has 0 saturated carbocycles. The lowest BCUT2D eigenvalue weighted by Gasteiger charge is -2.14. The summed E-state index contributed by atoms with van der Waals surface area (Å²) in [7, 11) is 0. The number of hydrogen-bond donors (Lipinski definition) is 3. The Balaban J connectivity index is 2.85. The Hall–Kier alpha value is -1.64. The summed E-state index contributed by atoms with van der Waals surface area (Å²) in [5, 5.41) is 29.3. The molecule has 3 N–H and O–H groups in total. The number of aliphatic hydroxyl groups is 2. The molecule has 15 heavy (non-hydrogen) atoms. The van der Waals surface area contributed by atoms with E-state index in [4.69, 9.17) is 15.5 Å². The van der Waals surface area contributed by atoms with E-state index in [1.807, 2.05) is 6.07 Å². The first-order valence-electron chi connectivity index (χ1n) is 4.56. The Labute approximate surface area is 88.0 Å². The van der Waals surface area contributed by atoms with Gasteiger partial charge >= 0.3 is 0 Å². The van der Waals surface area contributed by atoms with Crippen LogP contribution in [-0.4, -0.2) is 34.5 Å². The van der Waals surface area contributed by atoms with Crippen molar-refractivity contribution < 1.29 is 10.2 Å². The Bertz CT molecular complexity index is 369. The summed E-state index contributed by atoms with van der Waals surface area (Å²) < 4.78 is 0. The zero-order chi connectivity index (χ0) is 11.3. The fourth-order valence-electron chi connectivity index (χ4n) is 1.17. The lowest BCUT2D eigenvalue weighted by Crippen LogP contribution is -2.28. The van der Waals surface area contributed by atoms with E-state index in [-0.39, 0.29) is 13.2 Å². The maximum Gasteiger partial charge on any atom is 0.127 e. The number of nitriles is 1. The van der Waals surface area contributed by atoms with Crippen LogP contribution in [0.5, 0.6) is 0 Å². The van der Waals surface area contributed by atoms with Crippen LogP contribution in [0, 0.1) is 18.3 Å². The summed E-state index contributed by atoms with van der Waals surface area (Å²) in [6.07, 6.45) is 0. The Morgan fingerprint density at radius 2 is 2.13 bits per heavy atom. The molecule has 0 aliphatic carbocycles. The van der Waals surface area contributed by atoms with Crippen LogP contribution in [0.2, 0.25) is 0 Å². The van der Waals surface area contributed by atoms with Crippen molar-refractivity contribution in [1.29, 1.82) is 5.26 Å². The molecule has 5 nitrogen and oxygen atoms in total. The van der Waals surface area contributed by atoms with Crippen molar-refractivity contribution in [3.63, 3.8) is 0 Å². The second-order valence-electron chi connectivity index (χ2n) is 3.20. The van der Waals surface area contributed by atoms with Gasteiger partial charge in [0.2, 0.25) is 0 Å². The van der Waals surface area contributed by atoms with E-state index < -0.39 is 6.04 Å². The van der Waals surface area contributed by atoms with Crippen molar-refractivity contribution >= 4 is 5.82 Å². The molecule has 0 aliphatic heterocycles. The van der Waals surface area contributed by atoms with Crippen LogP contribution in [-0.2, 0) is 0 Å². The summed E-state index contributed by atoms with van der Waals surface area (Å²) in [6.45, 7) is 1.40. The molecule has 5 heteroatoms. The van der Waals surface area contributed by atoms with Crippen LogP contribution < -0.4 is 5.32 Å². The van der Waals surface area contributed by atoms with E-state index in [1.165, 1.54) is 0 Å². The summed E-state index contributed by atoms with van der Waals surface area (Å²) in [6, 6.07) is 4.80. The highest BCUT2D eigenvalue weighted by Gasteiger charge is 2.07. The highest BCUT2D eigenvalue weighted by molar-refractivity contribution is 5.44. The van der Waals surface area contributed by atoms with Gasteiger partial charge in [0.25, 0.3) is 0 Å². The lowest BCUT2D eigenvalue weighted by molar-refractivity contribution is 0.203. The first-order chi connectivity index (χ1) is 7.19. The molecular formula is C10H13N3O2. The zero-order valence-corrected chi connectivity index (χ0v) is 8.44. The second kappa shape index (κ2) is 5.29. The van der Waals surface area contributed by atoms with Crippen LogP contribution >= 0.6 is 0 Å². The molecule has 1 heterocycles. The van der Waals surface area contributed by atoms with Gasteiger partial charge in [0.05, 0.1) is 30.9 Å². The number of nitrogens with zero attached hydrogens (tertiary/aromatic N) is 2. The molecule has 0 atom stereocenters. The summed E-state index contributed by atoms with van der Waals surface area (Å²) in [4.78, 5) is 4.13. The number of aliphatic hydroxyl groups excluding tert-OH is 2. The fourth-order valence-corrected chi connectivity index (χ4v) is 1.17. The van der Waals surface area contributed by atoms with Gasteiger partial charge < -0.3 is 15.5 Å². The predicted molar refractivity (Wildman–Crippen MR) is 55.3 cm³/mol.